The van der Waals surface area contributed by atoms with Gasteiger partial charge in [-0.3, -0.25) is 4.79 Å². The summed E-state index contributed by atoms with van der Waals surface area (Å²) in [6.07, 6.45) is -5.71. The van der Waals surface area contributed by atoms with Gasteiger partial charge in [0.1, 0.15) is 18.3 Å². The van der Waals surface area contributed by atoms with Gasteiger partial charge in [0.15, 0.2) is 6.17 Å². The molecule has 1 aliphatic heterocycles. The van der Waals surface area contributed by atoms with E-state index in [1.165, 1.54) is 7.11 Å². The van der Waals surface area contributed by atoms with Gasteiger partial charge < -0.3 is 29.5 Å². The highest BCUT2D eigenvalue weighted by molar-refractivity contribution is 5.69. The van der Waals surface area contributed by atoms with E-state index in [2.05, 4.69) is 14.9 Å². The molecule has 188 valence electrons. The van der Waals surface area contributed by atoms with Gasteiger partial charge in [-0.15, -0.1) is 0 Å². The lowest BCUT2D eigenvalue weighted by Crippen LogP contribution is -2.58. The van der Waals surface area contributed by atoms with Crippen molar-refractivity contribution in [3.8, 4) is 5.88 Å². The summed E-state index contributed by atoms with van der Waals surface area (Å²) >= 11 is 0. The number of carbonyl (C=O) groups excluding carboxylic acids is 1. The van der Waals surface area contributed by atoms with Crippen molar-refractivity contribution in [3.05, 3.63) is 46.6 Å². The van der Waals surface area contributed by atoms with Crippen molar-refractivity contribution in [2.24, 2.45) is 0 Å². The molecular weight excluding hydrogens is 447 g/mol. The van der Waals surface area contributed by atoms with E-state index in [1.54, 1.807) is 0 Å². The molecule has 10 heteroatoms. The molecule has 1 aliphatic rings. The molecule has 0 bridgehead atoms. The Morgan fingerprint density at radius 1 is 1.21 bits per heavy atom. The van der Waals surface area contributed by atoms with Crippen molar-refractivity contribution < 1.29 is 38.7 Å². The number of aryl methyl sites for hydroxylation is 1. The van der Waals surface area contributed by atoms with Crippen molar-refractivity contribution in [2.75, 3.05) is 13.7 Å². The molecule has 5 atom stereocenters. The van der Waals surface area contributed by atoms with Crippen LogP contribution in [0.2, 0.25) is 0 Å². The maximum Gasteiger partial charge on any atom is 0.305 e. The van der Waals surface area contributed by atoms with Crippen LogP contribution in [0.1, 0.15) is 55.0 Å². The average molecular weight is 481 g/mol. The molecule has 2 aromatic rings. The van der Waals surface area contributed by atoms with Crippen LogP contribution in [-0.4, -0.2) is 76.0 Å². The summed E-state index contributed by atoms with van der Waals surface area (Å²) in [5.74, 6) is 0.0951. The van der Waals surface area contributed by atoms with Gasteiger partial charge in [0.05, 0.1) is 19.4 Å². The first-order chi connectivity index (χ1) is 16.2. The lowest BCUT2D eigenvalue weighted by molar-refractivity contribution is -0.265. The van der Waals surface area contributed by atoms with Gasteiger partial charge in [-0.2, -0.15) is 5.10 Å². The minimum atomic E-state index is -1.93. The Kier molecular flexibility index (Phi) is 9.01. The van der Waals surface area contributed by atoms with Crippen LogP contribution in [0.4, 0.5) is 4.39 Å². The summed E-state index contributed by atoms with van der Waals surface area (Å²) in [5, 5.41) is 36.7. The number of methoxy groups -OCH3 is 1. The van der Waals surface area contributed by atoms with Gasteiger partial charge in [0.25, 0.3) is 0 Å². The fourth-order valence-corrected chi connectivity index (χ4v) is 3.93. The third-order valence-corrected chi connectivity index (χ3v) is 5.92. The summed E-state index contributed by atoms with van der Waals surface area (Å²) in [5.41, 5.74) is 3.61. The molecule has 3 rings (SSSR count). The second-order valence-electron chi connectivity index (χ2n) is 8.76. The van der Waals surface area contributed by atoms with Crippen LogP contribution in [0.15, 0.2) is 24.3 Å². The lowest BCUT2D eigenvalue weighted by Gasteiger charge is -2.38. The number of carbonyl (C=O) groups is 1. The summed E-state index contributed by atoms with van der Waals surface area (Å²) in [7, 11) is 1.38. The van der Waals surface area contributed by atoms with E-state index in [9.17, 15) is 24.5 Å². The standard InChI is InChI=1S/C24H33FN2O7/c1-13(2)20-16(11-15-9-7-14(8-10-15)5-4-6-18(29)32-3)23(27-26-20)34-24-22(31)21(30)19(25)17(12-28)33-24/h7-10,13,17,19,21-22,24,28,30-31H,4-6,11-12H2,1-3H3,(H,26,27)/t17-,19-,21+,22-,24+/m1/s1. The van der Waals surface area contributed by atoms with E-state index in [1.807, 2.05) is 38.1 Å². The Morgan fingerprint density at radius 3 is 2.50 bits per heavy atom. The first kappa shape index (κ1) is 26.1. The molecule has 0 spiro atoms. The Bertz CT molecular complexity index is 932. The number of halogens is 1. The van der Waals surface area contributed by atoms with Crippen LogP contribution < -0.4 is 4.74 Å². The molecule has 1 fully saturated rings. The molecule has 34 heavy (non-hydrogen) atoms. The SMILES string of the molecule is COC(=O)CCCc1ccc(Cc2c(C(C)C)n[nH]c2O[C@@H]2O[C@H](CO)[C@@H](F)[C@H](O)[C@H]2O)cc1. The van der Waals surface area contributed by atoms with E-state index in [-0.39, 0.29) is 17.8 Å². The number of rotatable bonds is 10. The van der Waals surface area contributed by atoms with Gasteiger partial charge in [0, 0.05) is 18.4 Å². The monoisotopic (exact) mass is 480 g/mol. The van der Waals surface area contributed by atoms with E-state index in [0.717, 1.165) is 28.8 Å². The fraction of sp³-hybridized carbons (Fsp3) is 0.583. The first-order valence-corrected chi connectivity index (χ1v) is 11.4. The van der Waals surface area contributed by atoms with Gasteiger partial charge >= 0.3 is 5.97 Å². The first-order valence-electron chi connectivity index (χ1n) is 11.4. The van der Waals surface area contributed by atoms with Crippen LogP contribution in [0.25, 0.3) is 0 Å². The maximum absolute atomic E-state index is 14.1. The Labute approximate surface area is 197 Å². The number of hydrogen-bond acceptors (Lipinski definition) is 8. The Hall–Kier alpha value is -2.53. The van der Waals surface area contributed by atoms with E-state index < -0.39 is 37.4 Å². The normalized spacial score (nSPS) is 24.9. The number of benzene rings is 1. The summed E-state index contributed by atoms with van der Waals surface area (Å²) < 4.78 is 29.9. The molecule has 1 aromatic carbocycles. The highest BCUT2D eigenvalue weighted by Crippen LogP contribution is 2.31. The molecule has 0 aliphatic carbocycles. The zero-order valence-corrected chi connectivity index (χ0v) is 19.6. The highest BCUT2D eigenvalue weighted by atomic mass is 19.1. The van der Waals surface area contributed by atoms with Gasteiger partial charge in [0.2, 0.25) is 12.2 Å². The van der Waals surface area contributed by atoms with Crippen LogP contribution in [0.5, 0.6) is 5.88 Å². The molecule has 1 aromatic heterocycles. The van der Waals surface area contributed by atoms with Crippen LogP contribution in [-0.2, 0) is 27.1 Å². The van der Waals surface area contributed by atoms with Gasteiger partial charge in [-0.1, -0.05) is 38.1 Å². The number of nitrogens with one attached hydrogen (secondary N) is 1. The van der Waals surface area contributed by atoms with Gasteiger partial charge in [-0.05, 0) is 29.9 Å². The molecule has 0 radical (unpaired) electrons. The van der Waals surface area contributed by atoms with Crippen LogP contribution >= 0.6 is 0 Å². The summed E-state index contributed by atoms with van der Waals surface area (Å²) in [6, 6.07) is 7.97. The number of H-pyrrole nitrogens is 1. The third-order valence-electron chi connectivity index (χ3n) is 5.92. The zero-order chi connectivity index (χ0) is 24.8. The molecular formula is C24H33FN2O7. The number of nitrogens with zero attached hydrogens (tertiary/aromatic N) is 1. The molecule has 4 N–H and O–H groups in total. The third kappa shape index (κ3) is 6.12. The van der Waals surface area contributed by atoms with Crippen LogP contribution in [0.3, 0.4) is 0 Å². The Morgan fingerprint density at radius 2 is 1.88 bits per heavy atom. The largest absolute Gasteiger partial charge is 0.469 e. The van der Waals surface area contributed by atoms with Crippen molar-refractivity contribution in [3.63, 3.8) is 0 Å². The average Bonchev–Trinajstić information content (AvgIpc) is 3.22. The predicted octanol–water partition coefficient (Wildman–Crippen LogP) is 1.78. The van der Waals surface area contributed by atoms with Crippen molar-refractivity contribution in [1.29, 1.82) is 0 Å². The quantitative estimate of drug-likeness (QED) is 0.378. The topological polar surface area (TPSA) is 134 Å². The highest BCUT2D eigenvalue weighted by Gasteiger charge is 2.46. The molecule has 0 amide bonds. The number of aliphatic hydroxyl groups excluding tert-OH is 3. The number of hydrogen-bond donors (Lipinski definition) is 4. The second-order valence-corrected chi connectivity index (χ2v) is 8.76. The summed E-state index contributed by atoms with van der Waals surface area (Å²) in [4.78, 5) is 11.3. The molecule has 0 saturated carbocycles. The fourth-order valence-electron chi connectivity index (χ4n) is 3.93. The lowest BCUT2D eigenvalue weighted by atomic mass is 9.98. The van der Waals surface area contributed by atoms with Crippen molar-refractivity contribution in [2.45, 2.75) is 76.2 Å². The van der Waals surface area contributed by atoms with Crippen LogP contribution in [0, 0.1) is 0 Å². The number of esters is 1. The summed E-state index contributed by atoms with van der Waals surface area (Å²) in [6.45, 7) is 3.31. The minimum absolute atomic E-state index is 0.0735. The second kappa shape index (κ2) is 11.7. The Balaban J connectivity index is 1.73. The van der Waals surface area contributed by atoms with Crippen molar-refractivity contribution in [1.82, 2.24) is 10.2 Å². The van der Waals surface area contributed by atoms with E-state index in [0.29, 0.717) is 19.3 Å². The molecule has 2 heterocycles. The van der Waals surface area contributed by atoms with Gasteiger partial charge in [-0.25, -0.2) is 9.49 Å². The predicted molar refractivity (Wildman–Crippen MR) is 120 cm³/mol. The number of ether oxygens (including phenoxy) is 3. The molecule has 1 saturated heterocycles. The molecule has 9 nitrogen and oxygen atoms in total. The maximum atomic E-state index is 14.1. The number of alkyl halides is 1. The number of aliphatic hydroxyl groups is 3. The number of aromatic amines is 1. The van der Waals surface area contributed by atoms with Crippen molar-refractivity contribution >= 4 is 5.97 Å². The van der Waals surface area contributed by atoms with E-state index >= 15 is 0 Å². The minimum Gasteiger partial charge on any atom is -0.469 e. The smallest absolute Gasteiger partial charge is 0.305 e. The zero-order valence-electron chi connectivity index (χ0n) is 19.6. The molecule has 0 unspecified atom stereocenters. The van der Waals surface area contributed by atoms with E-state index in [4.69, 9.17) is 9.47 Å². The number of aromatic nitrogens is 2.